The lowest BCUT2D eigenvalue weighted by Gasteiger charge is -2.36. The molecule has 10 heteroatoms. The Kier molecular flexibility index (Phi) is 12.8. The zero-order valence-corrected chi connectivity index (χ0v) is 31.5. The maximum Gasteiger partial charge on any atom is 0.224 e. The number of benzene rings is 5. The summed E-state index contributed by atoms with van der Waals surface area (Å²) in [6.45, 7) is 1.06. The molecule has 0 bridgehead atoms. The highest BCUT2D eigenvalue weighted by atomic mass is 16.7. The molecule has 7 rings (SSSR count). The van der Waals surface area contributed by atoms with Gasteiger partial charge in [-0.1, -0.05) is 97.8 Å². The first-order valence-corrected chi connectivity index (χ1v) is 19.4. The number of unbranched alkanes of at least 4 members (excludes halogenated alkanes) is 3. The van der Waals surface area contributed by atoms with Crippen molar-refractivity contribution in [3.63, 3.8) is 0 Å². The molecule has 56 heavy (non-hydrogen) atoms. The Bertz CT molecular complexity index is 2240. The summed E-state index contributed by atoms with van der Waals surface area (Å²) in [6, 6.07) is 39.7. The number of rotatable bonds is 16. The summed E-state index contributed by atoms with van der Waals surface area (Å²) in [4.78, 5) is 29.5. The predicted octanol–water partition coefficient (Wildman–Crippen LogP) is 8.62. The van der Waals surface area contributed by atoms with E-state index < -0.39 is 6.29 Å². The van der Waals surface area contributed by atoms with Crippen LogP contribution in [0.1, 0.15) is 79.6 Å². The number of nitrogens with two attached hydrogens (primary N) is 1. The molecule has 3 unspecified atom stereocenters. The first-order valence-electron chi connectivity index (χ1n) is 19.4. The van der Waals surface area contributed by atoms with Gasteiger partial charge in [-0.15, -0.1) is 0 Å². The number of aliphatic hydroxyl groups excluding tert-OH is 1. The van der Waals surface area contributed by atoms with Gasteiger partial charge in [-0.2, -0.15) is 0 Å². The van der Waals surface area contributed by atoms with Crippen molar-refractivity contribution < 1.29 is 24.2 Å². The van der Waals surface area contributed by atoms with Crippen LogP contribution in [-0.4, -0.2) is 32.6 Å². The molecule has 5 N–H and O–H groups in total. The van der Waals surface area contributed by atoms with Crippen LogP contribution in [0.4, 0.5) is 11.4 Å². The lowest BCUT2D eigenvalue weighted by Crippen LogP contribution is -2.32. The number of fused-ring (bicyclic) bond motifs is 1. The van der Waals surface area contributed by atoms with Gasteiger partial charge < -0.3 is 35.5 Å². The first kappa shape index (κ1) is 38.5. The van der Waals surface area contributed by atoms with Gasteiger partial charge in [-0.05, 0) is 77.1 Å². The van der Waals surface area contributed by atoms with E-state index in [0.717, 1.165) is 70.1 Å². The molecule has 2 heterocycles. The largest absolute Gasteiger partial charge is 0.397 e. The number of nitrogens with one attached hydrogen (secondary N) is 2. The van der Waals surface area contributed by atoms with Gasteiger partial charge in [-0.25, -0.2) is 4.98 Å². The monoisotopic (exact) mass is 751 g/mol. The number of imidazole rings is 1. The van der Waals surface area contributed by atoms with Gasteiger partial charge in [-0.3, -0.25) is 9.59 Å². The Labute approximate surface area is 327 Å². The number of ether oxygens (including phenoxy) is 2. The molecule has 5 aromatic carbocycles. The zero-order valence-electron chi connectivity index (χ0n) is 31.5. The maximum atomic E-state index is 12.7. The van der Waals surface area contributed by atoms with Crippen LogP contribution in [0.25, 0.3) is 22.2 Å². The summed E-state index contributed by atoms with van der Waals surface area (Å²) in [5, 5.41) is 15.5. The van der Waals surface area contributed by atoms with Gasteiger partial charge in [0.2, 0.25) is 11.8 Å². The molecule has 1 fully saturated rings. The van der Waals surface area contributed by atoms with Crippen molar-refractivity contribution in [3.05, 3.63) is 150 Å². The van der Waals surface area contributed by atoms with E-state index in [2.05, 4.69) is 50.5 Å². The lowest BCUT2D eigenvalue weighted by atomic mass is 9.98. The molecule has 0 radical (unpaired) electrons. The second-order valence-corrected chi connectivity index (χ2v) is 14.4. The van der Waals surface area contributed by atoms with Gasteiger partial charge in [0.25, 0.3) is 0 Å². The number of nitrogen functional groups attached to an aromatic ring is 1. The van der Waals surface area contributed by atoms with E-state index in [9.17, 15) is 14.7 Å². The molecule has 6 aromatic rings. The third-order valence-corrected chi connectivity index (χ3v) is 10.2. The molecule has 0 saturated carbocycles. The Hall–Kier alpha value is -5.81. The minimum Gasteiger partial charge on any atom is -0.397 e. The third kappa shape index (κ3) is 10.1. The summed E-state index contributed by atoms with van der Waals surface area (Å²) in [5.41, 5.74) is 15.0. The molecule has 288 valence electrons. The third-order valence-electron chi connectivity index (χ3n) is 10.2. The zero-order chi connectivity index (χ0) is 38.7. The Balaban J connectivity index is 0.936. The van der Waals surface area contributed by atoms with E-state index in [1.165, 1.54) is 0 Å². The van der Waals surface area contributed by atoms with E-state index in [0.29, 0.717) is 43.7 Å². The Morgan fingerprint density at radius 2 is 1.48 bits per heavy atom. The van der Waals surface area contributed by atoms with Crippen molar-refractivity contribution in [1.82, 2.24) is 14.9 Å². The van der Waals surface area contributed by atoms with E-state index in [-0.39, 0.29) is 30.6 Å². The fraction of sp³-hybridized carbons (Fsp3) is 0.283. The van der Waals surface area contributed by atoms with E-state index in [4.69, 9.17) is 15.2 Å². The number of anilines is 2. The van der Waals surface area contributed by atoms with Crippen molar-refractivity contribution in [3.8, 4) is 11.1 Å². The van der Waals surface area contributed by atoms with Crippen LogP contribution in [0.5, 0.6) is 0 Å². The topological polar surface area (TPSA) is 141 Å². The SMILES string of the molecule is Nc1ccccc1NC(=O)CCCCCCC(=O)NCc1cccc(-c2cccc(C3OC(Cn4cnc5ccccc54)CC(c4ccc(CO)cc4)O3)c2)c1. The van der Waals surface area contributed by atoms with E-state index >= 15 is 0 Å². The van der Waals surface area contributed by atoms with Gasteiger partial charge in [0, 0.05) is 31.4 Å². The number of hydrogen-bond acceptors (Lipinski definition) is 7. The van der Waals surface area contributed by atoms with Crippen molar-refractivity contribution >= 4 is 34.2 Å². The standard InChI is InChI=1S/C46H49N5O5/c47-39-15-5-6-16-40(39)50-45(54)20-4-2-1-3-19-44(53)48-28-33-11-9-12-35(25-33)36-13-10-14-37(26-36)46-55-38(29-51-31-49-41-17-7-8-18-42(41)51)27-43(56-46)34-23-21-32(30-52)22-24-34/h5-18,21-26,31,38,43,46,52H,1-4,19-20,27-30,47H2,(H,48,53)(H,50,54). The van der Waals surface area contributed by atoms with Crippen molar-refractivity contribution in [1.29, 1.82) is 0 Å². The number of carbonyl (C=O) groups excluding carboxylic acids is 2. The fourth-order valence-corrected chi connectivity index (χ4v) is 7.17. The fourth-order valence-electron chi connectivity index (χ4n) is 7.17. The number of aliphatic hydroxyl groups is 1. The van der Waals surface area contributed by atoms with Crippen LogP contribution in [0.3, 0.4) is 0 Å². The van der Waals surface area contributed by atoms with Gasteiger partial charge in [0.1, 0.15) is 0 Å². The quantitative estimate of drug-likeness (QED) is 0.0574. The molecule has 2 amide bonds. The van der Waals surface area contributed by atoms with Crippen molar-refractivity contribution in [2.45, 2.75) is 83.1 Å². The van der Waals surface area contributed by atoms with Gasteiger partial charge in [0.05, 0.1) is 54.1 Å². The highest BCUT2D eigenvalue weighted by Gasteiger charge is 2.33. The molecule has 1 aliphatic heterocycles. The number of carbonyl (C=O) groups is 2. The first-order chi connectivity index (χ1) is 27.4. The Morgan fingerprint density at radius 1 is 0.750 bits per heavy atom. The average molecular weight is 752 g/mol. The van der Waals surface area contributed by atoms with Gasteiger partial charge in [0.15, 0.2) is 6.29 Å². The lowest BCUT2D eigenvalue weighted by molar-refractivity contribution is -0.252. The molecule has 1 saturated heterocycles. The predicted molar refractivity (Wildman–Crippen MR) is 219 cm³/mol. The van der Waals surface area contributed by atoms with Crippen LogP contribution in [0.15, 0.2) is 128 Å². The molecule has 1 aromatic heterocycles. The summed E-state index contributed by atoms with van der Waals surface area (Å²) in [6.07, 6.45) is 5.75. The summed E-state index contributed by atoms with van der Waals surface area (Å²) < 4.78 is 15.5. The highest BCUT2D eigenvalue weighted by molar-refractivity contribution is 5.93. The summed E-state index contributed by atoms with van der Waals surface area (Å²) in [5.74, 6) is -0.0373. The van der Waals surface area contributed by atoms with Crippen LogP contribution in [0.2, 0.25) is 0 Å². The molecule has 10 nitrogen and oxygen atoms in total. The molecular weight excluding hydrogens is 703 g/mol. The van der Waals surface area contributed by atoms with E-state index in [1.807, 2.05) is 85.2 Å². The summed E-state index contributed by atoms with van der Waals surface area (Å²) >= 11 is 0. The van der Waals surface area contributed by atoms with Crippen LogP contribution in [0, 0.1) is 0 Å². The van der Waals surface area contributed by atoms with Crippen LogP contribution >= 0.6 is 0 Å². The molecular formula is C46H49N5O5. The van der Waals surface area contributed by atoms with Crippen LogP contribution in [-0.2, 0) is 38.8 Å². The minimum absolute atomic E-state index is 0.00874. The second-order valence-electron chi connectivity index (χ2n) is 14.4. The molecule has 1 aliphatic rings. The number of nitrogens with zero attached hydrogens (tertiary/aromatic N) is 2. The number of para-hydroxylation sites is 4. The molecule has 3 atom stereocenters. The maximum absolute atomic E-state index is 12.7. The smallest absolute Gasteiger partial charge is 0.224 e. The normalized spacial score (nSPS) is 16.8. The number of aromatic nitrogens is 2. The molecule has 0 aliphatic carbocycles. The number of hydrogen-bond donors (Lipinski definition) is 4. The van der Waals surface area contributed by atoms with E-state index in [1.54, 1.807) is 12.1 Å². The average Bonchev–Trinajstić information content (AvgIpc) is 3.64. The summed E-state index contributed by atoms with van der Waals surface area (Å²) in [7, 11) is 0. The minimum atomic E-state index is -0.598. The van der Waals surface area contributed by atoms with Gasteiger partial charge >= 0.3 is 0 Å². The highest BCUT2D eigenvalue weighted by Crippen LogP contribution is 2.39. The van der Waals surface area contributed by atoms with Crippen molar-refractivity contribution in [2.24, 2.45) is 0 Å². The van der Waals surface area contributed by atoms with Crippen molar-refractivity contribution in [2.75, 3.05) is 11.1 Å². The Morgan fingerprint density at radius 3 is 2.29 bits per heavy atom. The second kappa shape index (κ2) is 18.7. The van der Waals surface area contributed by atoms with Crippen LogP contribution < -0.4 is 16.4 Å². The number of amides is 2. The molecule has 0 spiro atoms.